The molecular formula is C15H21NO5. The molecule has 1 fully saturated rings. The normalized spacial score (nSPS) is 14.1. The number of nitrogens with zero attached hydrogens (tertiary/aromatic N) is 1. The second-order valence-electron chi connectivity index (χ2n) is 5.05. The highest BCUT2D eigenvalue weighted by Crippen LogP contribution is 2.36. The number of ether oxygens (including phenoxy) is 3. The van der Waals surface area contributed by atoms with E-state index < -0.39 is 5.97 Å². The standard InChI is InChI=1S/C15H21NO5/c1-19-12-7-14(21-3)13(20-2)6-10(12)8-16(9-15(17)18)11-4-5-11/h6-7,11H,4-5,8-9H2,1-3H3,(H,17,18). The van der Waals surface area contributed by atoms with Crippen LogP contribution in [0.1, 0.15) is 18.4 Å². The summed E-state index contributed by atoms with van der Waals surface area (Å²) >= 11 is 0. The van der Waals surface area contributed by atoms with Crippen molar-refractivity contribution >= 4 is 5.97 Å². The molecule has 2 rings (SSSR count). The number of methoxy groups -OCH3 is 3. The number of benzene rings is 1. The van der Waals surface area contributed by atoms with E-state index in [-0.39, 0.29) is 6.54 Å². The zero-order valence-electron chi connectivity index (χ0n) is 12.6. The smallest absolute Gasteiger partial charge is 0.317 e. The Balaban J connectivity index is 2.26. The monoisotopic (exact) mass is 295 g/mol. The van der Waals surface area contributed by atoms with Crippen LogP contribution in [0.3, 0.4) is 0 Å². The van der Waals surface area contributed by atoms with Crippen LogP contribution in [-0.4, -0.2) is 49.9 Å². The summed E-state index contributed by atoms with van der Waals surface area (Å²) < 4.78 is 15.9. The number of carboxylic acid groups (broad SMARTS) is 1. The molecule has 6 heteroatoms. The van der Waals surface area contributed by atoms with Crippen LogP contribution in [0.5, 0.6) is 17.2 Å². The van der Waals surface area contributed by atoms with E-state index in [1.807, 2.05) is 11.0 Å². The molecule has 0 heterocycles. The number of carbonyl (C=O) groups is 1. The number of hydrogen-bond donors (Lipinski definition) is 1. The van der Waals surface area contributed by atoms with E-state index >= 15 is 0 Å². The molecule has 1 aromatic carbocycles. The predicted octanol–water partition coefficient (Wildman–Crippen LogP) is 1.76. The molecule has 1 N–H and O–H groups in total. The topological polar surface area (TPSA) is 68.2 Å². The highest BCUT2D eigenvalue weighted by molar-refractivity contribution is 5.69. The minimum absolute atomic E-state index is 0.0299. The van der Waals surface area contributed by atoms with E-state index in [0.717, 1.165) is 18.4 Å². The maximum absolute atomic E-state index is 11.0. The van der Waals surface area contributed by atoms with Gasteiger partial charge in [-0.25, -0.2) is 0 Å². The molecule has 116 valence electrons. The minimum Gasteiger partial charge on any atom is -0.496 e. The Labute approximate surface area is 124 Å². The Morgan fingerprint density at radius 3 is 2.19 bits per heavy atom. The molecular weight excluding hydrogens is 274 g/mol. The first-order valence-corrected chi connectivity index (χ1v) is 6.83. The van der Waals surface area contributed by atoms with E-state index in [2.05, 4.69) is 0 Å². The van der Waals surface area contributed by atoms with E-state index in [1.54, 1.807) is 27.4 Å². The average Bonchev–Trinajstić information content (AvgIpc) is 3.30. The van der Waals surface area contributed by atoms with Crippen molar-refractivity contribution in [3.63, 3.8) is 0 Å². The van der Waals surface area contributed by atoms with E-state index in [1.165, 1.54) is 0 Å². The van der Waals surface area contributed by atoms with Gasteiger partial charge in [0.25, 0.3) is 0 Å². The fourth-order valence-electron chi connectivity index (χ4n) is 2.36. The Morgan fingerprint density at radius 1 is 1.14 bits per heavy atom. The van der Waals surface area contributed by atoms with Crippen LogP contribution in [0.15, 0.2) is 12.1 Å². The van der Waals surface area contributed by atoms with Gasteiger partial charge < -0.3 is 19.3 Å². The third-order valence-corrected chi connectivity index (χ3v) is 3.56. The van der Waals surface area contributed by atoms with Crippen molar-refractivity contribution in [2.24, 2.45) is 0 Å². The van der Waals surface area contributed by atoms with Crippen LogP contribution in [0, 0.1) is 0 Å². The Bertz CT molecular complexity index is 513. The third-order valence-electron chi connectivity index (χ3n) is 3.56. The van der Waals surface area contributed by atoms with Crippen molar-refractivity contribution in [2.45, 2.75) is 25.4 Å². The van der Waals surface area contributed by atoms with Gasteiger partial charge in [0.05, 0.1) is 27.9 Å². The van der Waals surface area contributed by atoms with Gasteiger partial charge in [0.1, 0.15) is 5.75 Å². The molecule has 0 aliphatic heterocycles. The first-order chi connectivity index (χ1) is 10.1. The minimum atomic E-state index is -0.818. The zero-order valence-corrected chi connectivity index (χ0v) is 12.6. The van der Waals surface area contributed by atoms with Crippen molar-refractivity contribution < 1.29 is 24.1 Å². The van der Waals surface area contributed by atoms with Crippen molar-refractivity contribution in [3.8, 4) is 17.2 Å². The molecule has 1 saturated carbocycles. The molecule has 21 heavy (non-hydrogen) atoms. The summed E-state index contributed by atoms with van der Waals surface area (Å²) in [5, 5.41) is 9.03. The first kappa shape index (κ1) is 15.4. The van der Waals surface area contributed by atoms with Crippen LogP contribution in [-0.2, 0) is 11.3 Å². The van der Waals surface area contributed by atoms with Crippen LogP contribution in [0.25, 0.3) is 0 Å². The van der Waals surface area contributed by atoms with Crippen LogP contribution >= 0.6 is 0 Å². The molecule has 1 aromatic rings. The SMILES string of the molecule is COc1cc(OC)c(OC)cc1CN(CC(=O)O)C1CC1. The summed E-state index contributed by atoms with van der Waals surface area (Å²) in [6.45, 7) is 0.544. The van der Waals surface area contributed by atoms with E-state index in [9.17, 15) is 4.79 Å². The summed E-state index contributed by atoms with van der Waals surface area (Å²) in [6.07, 6.45) is 2.09. The van der Waals surface area contributed by atoms with E-state index in [0.29, 0.717) is 29.8 Å². The molecule has 1 aliphatic rings. The fourth-order valence-corrected chi connectivity index (χ4v) is 2.36. The molecule has 0 unspecified atom stereocenters. The lowest BCUT2D eigenvalue weighted by Gasteiger charge is -2.22. The van der Waals surface area contributed by atoms with Gasteiger partial charge in [-0.2, -0.15) is 0 Å². The third kappa shape index (κ3) is 3.78. The van der Waals surface area contributed by atoms with E-state index in [4.69, 9.17) is 19.3 Å². The molecule has 6 nitrogen and oxygen atoms in total. The molecule has 0 saturated heterocycles. The summed E-state index contributed by atoms with van der Waals surface area (Å²) in [5.41, 5.74) is 0.892. The maximum Gasteiger partial charge on any atom is 0.317 e. The highest BCUT2D eigenvalue weighted by atomic mass is 16.5. The summed E-state index contributed by atoms with van der Waals surface area (Å²) in [7, 11) is 4.73. The summed E-state index contributed by atoms with van der Waals surface area (Å²) in [4.78, 5) is 12.9. The van der Waals surface area contributed by atoms with Crippen LogP contribution < -0.4 is 14.2 Å². The molecule has 1 aliphatic carbocycles. The lowest BCUT2D eigenvalue weighted by molar-refractivity contribution is -0.138. The van der Waals surface area contributed by atoms with Gasteiger partial charge in [-0.1, -0.05) is 0 Å². The fraction of sp³-hybridized carbons (Fsp3) is 0.533. The van der Waals surface area contributed by atoms with Crippen molar-refractivity contribution in [3.05, 3.63) is 17.7 Å². The Hall–Kier alpha value is -1.95. The number of rotatable bonds is 8. The van der Waals surface area contributed by atoms with Gasteiger partial charge in [0, 0.05) is 24.2 Å². The van der Waals surface area contributed by atoms with Gasteiger partial charge >= 0.3 is 5.97 Å². The number of carboxylic acids is 1. The number of aliphatic carboxylic acids is 1. The van der Waals surface area contributed by atoms with Crippen molar-refractivity contribution in [1.29, 1.82) is 0 Å². The largest absolute Gasteiger partial charge is 0.496 e. The second-order valence-corrected chi connectivity index (χ2v) is 5.05. The maximum atomic E-state index is 11.0. The predicted molar refractivity (Wildman–Crippen MR) is 77.2 cm³/mol. The Morgan fingerprint density at radius 2 is 1.71 bits per heavy atom. The van der Waals surface area contributed by atoms with Crippen molar-refractivity contribution in [2.75, 3.05) is 27.9 Å². The van der Waals surface area contributed by atoms with Gasteiger partial charge in [0.15, 0.2) is 11.5 Å². The number of hydrogen-bond acceptors (Lipinski definition) is 5. The lowest BCUT2D eigenvalue weighted by Crippen LogP contribution is -2.31. The highest BCUT2D eigenvalue weighted by Gasteiger charge is 2.31. The zero-order chi connectivity index (χ0) is 15.4. The molecule has 0 atom stereocenters. The molecule has 0 amide bonds. The lowest BCUT2D eigenvalue weighted by atomic mass is 10.1. The van der Waals surface area contributed by atoms with Gasteiger partial charge in [-0.3, -0.25) is 9.69 Å². The van der Waals surface area contributed by atoms with Crippen molar-refractivity contribution in [1.82, 2.24) is 4.90 Å². The molecule has 0 aromatic heterocycles. The Kier molecular flexibility index (Phi) is 4.90. The average molecular weight is 295 g/mol. The van der Waals surface area contributed by atoms with Crippen LogP contribution in [0.2, 0.25) is 0 Å². The quantitative estimate of drug-likeness (QED) is 0.788. The molecule has 0 spiro atoms. The first-order valence-electron chi connectivity index (χ1n) is 6.83. The van der Waals surface area contributed by atoms with Crippen LogP contribution in [0.4, 0.5) is 0 Å². The molecule has 0 bridgehead atoms. The van der Waals surface area contributed by atoms with Gasteiger partial charge in [-0.15, -0.1) is 0 Å². The van der Waals surface area contributed by atoms with Gasteiger partial charge in [-0.05, 0) is 18.9 Å². The van der Waals surface area contributed by atoms with Gasteiger partial charge in [0.2, 0.25) is 0 Å². The summed E-state index contributed by atoms with van der Waals surface area (Å²) in [5.74, 6) is 1.05. The second kappa shape index (κ2) is 6.67. The summed E-state index contributed by atoms with van der Waals surface area (Å²) in [6, 6.07) is 3.95. The molecule has 0 radical (unpaired) electrons.